The predicted octanol–water partition coefficient (Wildman–Crippen LogP) is 3.47. The second-order valence-corrected chi connectivity index (χ2v) is 7.19. The number of carbonyl (C=O) groups is 1. The van der Waals surface area contributed by atoms with Crippen molar-refractivity contribution in [3.63, 3.8) is 0 Å². The Kier molecular flexibility index (Phi) is 5.68. The van der Waals surface area contributed by atoms with Crippen LogP contribution < -0.4 is 5.73 Å². The van der Waals surface area contributed by atoms with Crippen molar-refractivity contribution < 1.29 is 13.6 Å². The van der Waals surface area contributed by atoms with Crippen LogP contribution in [0.25, 0.3) is 0 Å². The van der Waals surface area contributed by atoms with Crippen LogP contribution in [0, 0.1) is 11.6 Å². The van der Waals surface area contributed by atoms with Crippen LogP contribution in [0.2, 0.25) is 0 Å². The van der Waals surface area contributed by atoms with Crippen molar-refractivity contribution in [2.24, 2.45) is 10.8 Å². The normalized spacial score (nSPS) is 19.5. The van der Waals surface area contributed by atoms with Crippen molar-refractivity contribution in [3.05, 3.63) is 71.3 Å². The highest BCUT2D eigenvalue weighted by Gasteiger charge is 2.45. The maximum Gasteiger partial charge on any atom is 0.141 e. The molecule has 1 heterocycles. The van der Waals surface area contributed by atoms with Gasteiger partial charge in [-0.25, -0.2) is 8.78 Å². The molecule has 0 spiro atoms. The number of hydrogen-bond donors (Lipinski definition) is 1. The summed E-state index contributed by atoms with van der Waals surface area (Å²) in [4.78, 5) is 10.6. The Labute approximate surface area is 155 Å². The standard InChI is InChI=1S/C19H19F2N3OS/c20-15-7-8-17(21)16(13-15)18-23-24(11-12-25)19(26-18,9-4-10-22)14-5-2-1-3-6-14/h1-3,5-8,12-13H,4,9-11,22H2. The van der Waals surface area contributed by atoms with Crippen molar-refractivity contribution in [1.29, 1.82) is 0 Å². The zero-order valence-corrected chi connectivity index (χ0v) is 14.9. The van der Waals surface area contributed by atoms with Crippen molar-refractivity contribution >= 4 is 23.1 Å². The van der Waals surface area contributed by atoms with Crippen LogP contribution in [0.3, 0.4) is 0 Å². The van der Waals surface area contributed by atoms with Crippen LogP contribution in [0.4, 0.5) is 8.78 Å². The zero-order valence-electron chi connectivity index (χ0n) is 14.1. The van der Waals surface area contributed by atoms with Gasteiger partial charge in [0.05, 0.1) is 6.54 Å². The highest BCUT2D eigenvalue weighted by molar-refractivity contribution is 8.15. The molecule has 2 aromatic carbocycles. The Hall–Kier alpha value is -2.25. The molecule has 4 nitrogen and oxygen atoms in total. The van der Waals surface area contributed by atoms with E-state index in [0.717, 1.165) is 30.0 Å². The molecule has 1 aliphatic heterocycles. The average molecular weight is 375 g/mol. The minimum Gasteiger partial charge on any atom is -0.330 e. The fraction of sp³-hybridized carbons (Fsp3) is 0.263. The van der Waals surface area contributed by atoms with Crippen molar-refractivity contribution in [3.8, 4) is 0 Å². The number of halogens is 2. The van der Waals surface area contributed by atoms with Crippen LogP contribution in [-0.2, 0) is 9.67 Å². The Morgan fingerprint density at radius 1 is 1.19 bits per heavy atom. The molecule has 26 heavy (non-hydrogen) atoms. The first kappa shape index (κ1) is 18.5. The molecule has 2 N–H and O–H groups in total. The second-order valence-electron chi connectivity index (χ2n) is 5.92. The molecule has 0 aliphatic carbocycles. The molecule has 2 aromatic rings. The number of rotatable bonds is 7. The number of aldehydes is 1. The third kappa shape index (κ3) is 3.50. The van der Waals surface area contributed by atoms with E-state index in [9.17, 15) is 13.6 Å². The van der Waals surface area contributed by atoms with Gasteiger partial charge in [0.25, 0.3) is 0 Å². The van der Waals surface area contributed by atoms with E-state index in [0.29, 0.717) is 24.4 Å². The lowest BCUT2D eigenvalue weighted by Crippen LogP contribution is -2.39. The number of hydrogen-bond acceptors (Lipinski definition) is 5. The lowest BCUT2D eigenvalue weighted by molar-refractivity contribution is -0.109. The van der Waals surface area contributed by atoms with E-state index in [4.69, 9.17) is 5.73 Å². The van der Waals surface area contributed by atoms with Crippen LogP contribution in [-0.4, -0.2) is 29.4 Å². The third-order valence-corrected chi connectivity index (χ3v) is 5.73. The van der Waals surface area contributed by atoms with Gasteiger partial charge in [-0.2, -0.15) is 5.10 Å². The van der Waals surface area contributed by atoms with Crippen molar-refractivity contribution in [2.75, 3.05) is 13.1 Å². The predicted molar refractivity (Wildman–Crippen MR) is 99.7 cm³/mol. The number of thioether (sulfide) groups is 1. The minimum absolute atomic E-state index is 0.0485. The summed E-state index contributed by atoms with van der Waals surface area (Å²) < 4.78 is 27.9. The first-order valence-corrected chi connectivity index (χ1v) is 9.12. The number of hydrazone groups is 1. The highest BCUT2D eigenvalue weighted by atomic mass is 32.2. The SMILES string of the molecule is NCCCC1(c2ccccc2)SC(c2cc(F)ccc2F)=NN1CC=O. The van der Waals surface area contributed by atoms with E-state index < -0.39 is 16.5 Å². The van der Waals surface area contributed by atoms with Crippen molar-refractivity contribution in [2.45, 2.75) is 17.7 Å². The molecule has 0 fully saturated rings. The van der Waals surface area contributed by atoms with E-state index in [1.54, 1.807) is 5.01 Å². The van der Waals surface area contributed by atoms with Gasteiger partial charge in [0, 0.05) is 5.56 Å². The molecule has 0 amide bonds. The van der Waals surface area contributed by atoms with E-state index in [1.807, 2.05) is 30.3 Å². The number of nitrogens with two attached hydrogens (primary N) is 1. The van der Waals surface area contributed by atoms with Gasteiger partial charge in [0.2, 0.25) is 0 Å². The Morgan fingerprint density at radius 3 is 2.65 bits per heavy atom. The maximum atomic E-state index is 14.3. The van der Waals surface area contributed by atoms with Gasteiger partial charge in [0.1, 0.15) is 27.8 Å². The summed E-state index contributed by atoms with van der Waals surface area (Å²) >= 11 is 1.33. The molecule has 1 aliphatic rings. The fourth-order valence-corrected chi connectivity index (χ4v) is 4.47. The largest absolute Gasteiger partial charge is 0.330 e. The average Bonchev–Trinajstić information content (AvgIpc) is 3.02. The molecule has 1 atom stereocenters. The molecule has 3 rings (SSSR count). The second kappa shape index (κ2) is 7.97. The van der Waals surface area contributed by atoms with Gasteiger partial charge in [0.15, 0.2) is 0 Å². The van der Waals surface area contributed by atoms with Gasteiger partial charge in [-0.05, 0) is 43.1 Å². The molecule has 7 heteroatoms. The van der Waals surface area contributed by atoms with Crippen LogP contribution in [0.5, 0.6) is 0 Å². The van der Waals surface area contributed by atoms with Crippen LogP contribution in [0.15, 0.2) is 53.6 Å². The van der Waals surface area contributed by atoms with Gasteiger partial charge in [-0.15, -0.1) is 0 Å². The van der Waals surface area contributed by atoms with Crippen molar-refractivity contribution in [1.82, 2.24) is 5.01 Å². The molecule has 0 aromatic heterocycles. The highest BCUT2D eigenvalue weighted by Crippen LogP contribution is 2.50. The summed E-state index contributed by atoms with van der Waals surface area (Å²) in [5.41, 5.74) is 6.74. The van der Waals surface area contributed by atoms with E-state index in [-0.39, 0.29) is 12.1 Å². The summed E-state index contributed by atoms with van der Waals surface area (Å²) in [5.74, 6) is -1.09. The molecule has 136 valence electrons. The first-order chi connectivity index (χ1) is 12.6. The smallest absolute Gasteiger partial charge is 0.141 e. The zero-order chi connectivity index (χ0) is 18.6. The molecular weight excluding hydrogens is 356 g/mol. The van der Waals surface area contributed by atoms with Crippen LogP contribution in [0.1, 0.15) is 24.0 Å². The summed E-state index contributed by atoms with van der Waals surface area (Å²) in [5, 5.41) is 6.47. The quantitative estimate of drug-likeness (QED) is 0.753. The first-order valence-electron chi connectivity index (χ1n) is 8.30. The monoisotopic (exact) mass is 375 g/mol. The molecule has 0 saturated heterocycles. The number of benzene rings is 2. The fourth-order valence-electron chi connectivity index (χ4n) is 3.03. The van der Waals surface area contributed by atoms with Crippen LogP contribution >= 0.6 is 11.8 Å². The molecular formula is C19H19F2N3OS. The molecule has 0 saturated carbocycles. The summed E-state index contributed by atoms with van der Waals surface area (Å²) in [6.07, 6.45) is 2.08. The summed E-state index contributed by atoms with van der Waals surface area (Å²) in [7, 11) is 0. The molecule has 0 bridgehead atoms. The van der Waals surface area contributed by atoms with E-state index >= 15 is 0 Å². The third-order valence-electron chi connectivity index (χ3n) is 4.24. The minimum atomic E-state index is -0.685. The van der Waals surface area contributed by atoms with E-state index in [2.05, 4.69) is 5.10 Å². The molecule has 1 unspecified atom stereocenters. The number of carbonyl (C=O) groups excluding carboxylic acids is 1. The topological polar surface area (TPSA) is 58.7 Å². The van der Waals surface area contributed by atoms with Gasteiger partial charge >= 0.3 is 0 Å². The van der Waals surface area contributed by atoms with Gasteiger partial charge < -0.3 is 10.5 Å². The Morgan fingerprint density at radius 2 is 1.96 bits per heavy atom. The Balaban J connectivity index is 2.07. The van der Waals surface area contributed by atoms with Gasteiger partial charge in [-0.3, -0.25) is 5.01 Å². The summed E-state index contributed by atoms with van der Waals surface area (Å²) in [6.45, 7) is 0.528. The lowest BCUT2D eigenvalue weighted by Gasteiger charge is -2.36. The Bertz CT molecular complexity index is 816. The van der Waals surface area contributed by atoms with Gasteiger partial charge in [-0.1, -0.05) is 42.1 Å². The lowest BCUT2D eigenvalue weighted by atomic mass is 10.0. The number of nitrogens with zero attached hydrogens (tertiary/aromatic N) is 2. The van der Waals surface area contributed by atoms with E-state index in [1.165, 1.54) is 11.8 Å². The summed E-state index contributed by atoms with van der Waals surface area (Å²) in [6, 6.07) is 12.9. The molecule has 0 radical (unpaired) electrons. The maximum absolute atomic E-state index is 14.3.